The first-order valence-corrected chi connectivity index (χ1v) is 8.50. The molecular weight excluding hydrogens is 308 g/mol. The first kappa shape index (κ1) is 12.4. The van der Waals surface area contributed by atoms with Gasteiger partial charge in [-0.05, 0) is 57.9 Å². The predicted octanol–water partition coefficient (Wildman–Crippen LogP) is 5.81. The van der Waals surface area contributed by atoms with Crippen LogP contribution in [0.4, 0.5) is 0 Å². The summed E-state index contributed by atoms with van der Waals surface area (Å²) < 4.78 is 0. The molecule has 0 radical (unpaired) electrons. The van der Waals surface area contributed by atoms with Crippen LogP contribution in [0.5, 0.6) is 0 Å². The minimum Gasteiger partial charge on any atom is -0.0921 e. The standard InChI is InChI=1S/C19H17Br/c20-12-14-5-3-7-17-16(14)10-11-18-15-6-2-1-4-13(15)8-9-19(17)18/h1-2,4,6,8-11,14H,3,5,7,12H2. The lowest BCUT2D eigenvalue weighted by molar-refractivity contribution is 0.602. The van der Waals surface area contributed by atoms with Gasteiger partial charge in [0.25, 0.3) is 0 Å². The van der Waals surface area contributed by atoms with Gasteiger partial charge in [0, 0.05) is 5.33 Å². The van der Waals surface area contributed by atoms with E-state index in [-0.39, 0.29) is 0 Å². The number of fused-ring (bicyclic) bond motifs is 5. The van der Waals surface area contributed by atoms with Gasteiger partial charge in [-0.2, -0.15) is 0 Å². The monoisotopic (exact) mass is 324 g/mol. The molecule has 0 N–H and O–H groups in total. The predicted molar refractivity (Wildman–Crippen MR) is 90.9 cm³/mol. The Balaban J connectivity index is 2.07. The summed E-state index contributed by atoms with van der Waals surface area (Å²) in [7, 11) is 0. The minimum absolute atomic E-state index is 0.689. The molecule has 0 fully saturated rings. The van der Waals surface area contributed by atoms with E-state index in [0.29, 0.717) is 5.92 Å². The highest BCUT2D eigenvalue weighted by molar-refractivity contribution is 9.09. The van der Waals surface area contributed by atoms with Crippen molar-refractivity contribution >= 4 is 37.5 Å². The first-order valence-electron chi connectivity index (χ1n) is 7.37. The maximum absolute atomic E-state index is 3.68. The van der Waals surface area contributed by atoms with E-state index in [0.717, 1.165) is 5.33 Å². The Labute approximate surface area is 127 Å². The van der Waals surface area contributed by atoms with Gasteiger partial charge in [0.05, 0.1) is 0 Å². The number of rotatable bonds is 1. The highest BCUT2D eigenvalue weighted by Gasteiger charge is 2.21. The molecule has 0 heterocycles. The van der Waals surface area contributed by atoms with E-state index >= 15 is 0 Å². The molecular formula is C19H17Br. The van der Waals surface area contributed by atoms with Gasteiger partial charge in [-0.1, -0.05) is 64.5 Å². The van der Waals surface area contributed by atoms with Crippen LogP contribution in [0.1, 0.15) is 29.9 Å². The molecule has 3 aromatic rings. The maximum atomic E-state index is 3.68. The Kier molecular flexibility index (Phi) is 3.03. The zero-order valence-electron chi connectivity index (χ0n) is 11.4. The largest absolute Gasteiger partial charge is 0.0921 e. The van der Waals surface area contributed by atoms with E-state index < -0.39 is 0 Å². The maximum Gasteiger partial charge on any atom is 0.0100 e. The first-order chi connectivity index (χ1) is 9.88. The molecule has 0 aromatic heterocycles. The van der Waals surface area contributed by atoms with Crippen LogP contribution in [-0.4, -0.2) is 5.33 Å². The van der Waals surface area contributed by atoms with Gasteiger partial charge in [-0.3, -0.25) is 0 Å². The average molecular weight is 325 g/mol. The minimum atomic E-state index is 0.689. The van der Waals surface area contributed by atoms with Crippen LogP contribution in [-0.2, 0) is 6.42 Å². The fourth-order valence-corrected chi connectivity index (χ4v) is 4.34. The molecule has 0 aliphatic heterocycles. The van der Waals surface area contributed by atoms with Gasteiger partial charge in [0.2, 0.25) is 0 Å². The molecule has 20 heavy (non-hydrogen) atoms. The molecule has 1 unspecified atom stereocenters. The van der Waals surface area contributed by atoms with Gasteiger partial charge in [-0.25, -0.2) is 0 Å². The third-order valence-electron chi connectivity index (χ3n) is 4.68. The summed E-state index contributed by atoms with van der Waals surface area (Å²) in [6, 6.07) is 18.0. The molecule has 1 aliphatic rings. The molecule has 1 atom stereocenters. The lowest BCUT2D eigenvalue weighted by atomic mass is 9.81. The molecule has 0 amide bonds. The van der Waals surface area contributed by atoms with Crippen LogP contribution in [0.2, 0.25) is 0 Å². The van der Waals surface area contributed by atoms with E-state index in [1.807, 2.05) is 0 Å². The summed E-state index contributed by atoms with van der Waals surface area (Å²) in [6.07, 6.45) is 3.86. The Morgan fingerprint density at radius 3 is 2.65 bits per heavy atom. The van der Waals surface area contributed by atoms with Crippen molar-refractivity contribution in [1.82, 2.24) is 0 Å². The zero-order valence-corrected chi connectivity index (χ0v) is 13.0. The third kappa shape index (κ3) is 1.80. The third-order valence-corrected chi connectivity index (χ3v) is 5.46. The summed E-state index contributed by atoms with van der Waals surface area (Å²) in [6.45, 7) is 0. The van der Waals surface area contributed by atoms with Crippen molar-refractivity contribution in [1.29, 1.82) is 0 Å². The molecule has 3 aromatic carbocycles. The smallest absolute Gasteiger partial charge is 0.0100 e. The van der Waals surface area contributed by atoms with Crippen LogP contribution in [0.25, 0.3) is 21.5 Å². The van der Waals surface area contributed by atoms with E-state index in [1.54, 1.807) is 11.1 Å². The molecule has 0 bridgehead atoms. The van der Waals surface area contributed by atoms with E-state index in [4.69, 9.17) is 0 Å². The fraction of sp³-hybridized carbons (Fsp3) is 0.263. The Morgan fingerprint density at radius 2 is 1.75 bits per heavy atom. The highest BCUT2D eigenvalue weighted by Crippen LogP contribution is 2.38. The molecule has 0 spiro atoms. The van der Waals surface area contributed by atoms with Crippen LogP contribution in [0.15, 0.2) is 48.5 Å². The summed E-state index contributed by atoms with van der Waals surface area (Å²) in [4.78, 5) is 0. The van der Waals surface area contributed by atoms with Gasteiger partial charge < -0.3 is 0 Å². The number of benzene rings is 3. The highest BCUT2D eigenvalue weighted by atomic mass is 79.9. The van der Waals surface area contributed by atoms with Crippen molar-refractivity contribution in [3.63, 3.8) is 0 Å². The van der Waals surface area contributed by atoms with Crippen molar-refractivity contribution in [3.8, 4) is 0 Å². The second-order valence-electron chi connectivity index (χ2n) is 5.76. The van der Waals surface area contributed by atoms with Crippen LogP contribution >= 0.6 is 15.9 Å². The summed E-state index contributed by atoms with van der Waals surface area (Å²) in [5.41, 5.74) is 3.15. The molecule has 100 valence electrons. The molecule has 0 saturated heterocycles. The van der Waals surface area contributed by atoms with Gasteiger partial charge in [0.15, 0.2) is 0 Å². The molecule has 0 nitrogen and oxygen atoms in total. The van der Waals surface area contributed by atoms with Gasteiger partial charge in [-0.15, -0.1) is 0 Å². The average Bonchev–Trinajstić information content (AvgIpc) is 2.53. The number of hydrogen-bond donors (Lipinski definition) is 0. The molecule has 0 saturated carbocycles. The van der Waals surface area contributed by atoms with Crippen molar-refractivity contribution < 1.29 is 0 Å². The lowest BCUT2D eigenvalue weighted by Crippen LogP contribution is -2.11. The van der Waals surface area contributed by atoms with Gasteiger partial charge >= 0.3 is 0 Å². The lowest BCUT2D eigenvalue weighted by Gasteiger charge is -2.25. The zero-order chi connectivity index (χ0) is 13.5. The summed E-state index contributed by atoms with van der Waals surface area (Å²) in [5.74, 6) is 0.689. The number of aryl methyl sites for hydroxylation is 1. The number of halogens is 1. The number of hydrogen-bond acceptors (Lipinski definition) is 0. The van der Waals surface area contributed by atoms with Crippen molar-refractivity contribution in [2.24, 2.45) is 0 Å². The Hall–Kier alpha value is -1.34. The SMILES string of the molecule is BrCC1CCCc2c1ccc1c2ccc2ccccc21. The summed E-state index contributed by atoms with van der Waals surface area (Å²) in [5, 5.41) is 6.68. The van der Waals surface area contributed by atoms with Crippen molar-refractivity contribution in [2.45, 2.75) is 25.2 Å². The fourth-order valence-electron chi connectivity index (χ4n) is 3.67. The Bertz CT molecular complexity index is 788. The topological polar surface area (TPSA) is 0 Å². The van der Waals surface area contributed by atoms with E-state index in [2.05, 4.69) is 64.5 Å². The Morgan fingerprint density at radius 1 is 0.900 bits per heavy atom. The normalized spacial score (nSPS) is 18.4. The number of alkyl halides is 1. The second kappa shape index (κ2) is 4.89. The summed E-state index contributed by atoms with van der Waals surface area (Å²) >= 11 is 3.68. The molecule has 1 aliphatic carbocycles. The van der Waals surface area contributed by atoms with Crippen LogP contribution in [0, 0.1) is 0 Å². The van der Waals surface area contributed by atoms with Gasteiger partial charge in [0.1, 0.15) is 0 Å². The van der Waals surface area contributed by atoms with Crippen molar-refractivity contribution in [2.75, 3.05) is 5.33 Å². The second-order valence-corrected chi connectivity index (χ2v) is 6.41. The van der Waals surface area contributed by atoms with E-state index in [9.17, 15) is 0 Å². The van der Waals surface area contributed by atoms with Crippen LogP contribution < -0.4 is 0 Å². The van der Waals surface area contributed by atoms with Crippen LogP contribution in [0.3, 0.4) is 0 Å². The molecule has 1 heteroatoms. The van der Waals surface area contributed by atoms with E-state index in [1.165, 1.54) is 40.8 Å². The van der Waals surface area contributed by atoms with Crippen molar-refractivity contribution in [3.05, 3.63) is 59.7 Å². The molecule has 4 rings (SSSR count). The quantitative estimate of drug-likeness (QED) is 0.391.